The molecule has 0 atom stereocenters. The van der Waals surface area contributed by atoms with Gasteiger partial charge in [-0.05, 0) is 75.9 Å². The van der Waals surface area contributed by atoms with Gasteiger partial charge in [-0.1, -0.05) is 35.4 Å². The van der Waals surface area contributed by atoms with E-state index >= 15 is 0 Å². The van der Waals surface area contributed by atoms with Crippen molar-refractivity contribution >= 4 is 11.9 Å². The second-order valence-corrected chi connectivity index (χ2v) is 7.49. The van der Waals surface area contributed by atoms with E-state index in [1.807, 2.05) is 13.0 Å². The molecule has 30 heavy (non-hydrogen) atoms. The third kappa shape index (κ3) is 6.27. The number of hydrogen-bond donors (Lipinski definition) is 4. The van der Waals surface area contributed by atoms with Gasteiger partial charge in [0.05, 0.1) is 5.56 Å². The van der Waals surface area contributed by atoms with E-state index in [1.165, 1.54) is 47.6 Å². The van der Waals surface area contributed by atoms with Gasteiger partial charge in [-0.25, -0.2) is 0 Å². The number of phenolic OH excluding ortho intramolecular Hbond substituents is 4. The molecule has 4 N–H and O–H groups in total. The maximum absolute atomic E-state index is 12.3. The highest BCUT2D eigenvalue weighted by molar-refractivity contribution is 6.09. The summed E-state index contributed by atoms with van der Waals surface area (Å²) in [6.07, 6.45) is 9.23. The molecule has 0 spiro atoms. The summed E-state index contributed by atoms with van der Waals surface area (Å²) in [7, 11) is 0. The Morgan fingerprint density at radius 2 is 1.67 bits per heavy atom. The van der Waals surface area contributed by atoms with Crippen LogP contribution in [0.4, 0.5) is 0 Å². The summed E-state index contributed by atoms with van der Waals surface area (Å²) < 4.78 is 0. The zero-order valence-corrected chi connectivity index (χ0v) is 17.5. The van der Waals surface area contributed by atoms with Crippen LogP contribution >= 0.6 is 0 Å². The average Bonchev–Trinajstić information content (AvgIpc) is 2.69. The molecule has 0 radical (unpaired) electrons. The Kier molecular flexibility index (Phi) is 7.87. The molecule has 158 valence electrons. The van der Waals surface area contributed by atoms with Crippen molar-refractivity contribution in [2.24, 2.45) is 0 Å². The van der Waals surface area contributed by atoms with Crippen LogP contribution in [-0.2, 0) is 6.42 Å². The lowest BCUT2D eigenvalue weighted by Crippen LogP contribution is -1.95. The van der Waals surface area contributed by atoms with Crippen molar-refractivity contribution in [3.05, 3.63) is 76.4 Å². The molecule has 0 saturated carbocycles. The molecule has 2 aromatic rings. The predicted molar refractivity (Wildman–Crippen MR) is 119 cm³/mol. The SMILES string of the molecule is CC(C)=CCCC(C)=CCc1cc(C=CC(=O)c2cccc(O)c2O)cc(O)c1O. The Bertz CT molecular complexity index is 1010. The molecule has 5 nitrogen and oxygen atoms in total. The van der Waals surface area contributed by atoms with Crippen LogP contribution in [0, 0.1) is 0 Å². The second-order valence-electron chi connectivity index (χ2n) is 7.49. The molecule has 0 aromatic heterocycles. The van der Waals surface area contributed by atoms with E-state index in [2.05, 4.69) is 19.9 Å². The van der Waals surface area contributed by atoms with Crippen LogP contribution in [0.25, 0.3) is 6.08 Å². The van der Waals surface area contributed by atoms with Crippen LogP contribution in [0.3, 0.4) is 0 Å². The average molecular weight is 408 g/mol. The number of allylic oxidation sites excluding steroid dienone is 5. The Morgan fingerprint density at radius 3 is 2.37 bits per heavy atom. The summed E-state index contributed by atoms with van der Waals surface area (Å²) >= 11 is 0. The molecule has 0 aliphatic heterocycles. The number of phenols is 4. The van der Waals surface area contributed by atoms with E-state index in [4.69, 9.17) is 0 Å². The first-order valence-corrected chi connectivity index (χ1v) is 9.76. The van der Waals surface area contributed by atoms with Gasteiger partial charge < -0.3 is 20.4 Å². The molecule has 5 heteroatoms. The highest BCUT2D eigenvalue weighted by atomic mass is 16.3. The normalized spacial score (nSPS) is 11.6. The molecule has 2 rings (SSSR count). The van der Waals surface area contributed by atoms with Crippen molar-refractivity contribution in [1.82, 2.24) is 0 Å². The van der Waals surface area contributed by atoms with Crippen molar-refractivity contribution in [3.63, 3.8) is 0 Å². The predicted octanol–water partition coefficient (Wildman–Crippen LogP) is 5.64. The van der Waals surface area contributed by atoms with Crippen molar-refractivity contribution in [3.8, 4) is 23.0 Å². The Hall–Kier alpha value is -3.47. The summed E-state index contributed by atoms with van der Waals surface area (Å²) in [6.45, 7) is 6.15. The van der Waals surface area contributed by atoms with Gasteiger partial charge in [-0.2, -0.15) is 0 Å². The van der Waals surface area contributed by atoms with Gasteiger partial charge >= 0.3 is 0 Å². The first kappa shape index (κ1) is 22.8. The molecular formula is C25H28O5. The lowest BCUT2D eigenvalue weighted by Gasteiger charge is -2.07. The van der Waals surface area contributed by atoms with E-state index < -0.39 is 11.5 Å². The highest BCUT2D eigenvalue weighted by Crippen LogP contribution is 2.32. The Labute approximate surface area is 177 Å². The summed E-state index contributed by atoms with van der Waals surface area (Å²) in [5, 5.41) is 39.5. The zero-order valence-electron chi connectivity index (χ0n) is 17.5. The Balaban J connectivity index is 2.18. The van der Waals surface area contributed by atoms with Crippen LogP contribution in [0.15, 0.2) is 59.7 Å². The maximum atomic E-state index is 12.3. The smallest absolute Gasteiger partial charge is 0.189 e. The first-order chi connectivity index (χ1) is 14.2. The zero-order chi connectivity index (χ0) is 22.3. The molecule has 0 bridgehead atoms. The summed E-state index contributed by atoms with van der Waals surface area (Å²) in [4.78, 5) is 12.3. The minimum Gasteiger partial charge on any atom is -0.504 e. The highest BCUT2D eigenvalue weighted by Gasteiger charge is 2.12. The standard InChI is InChI=1S/C25H28O5/c1-16(2)6-4-7-17(3)10-12-19-14-18(15-23(28)24(19)29)11-13-21(26)20-8-5-9-22(27)25(20)30/h5-6,8-11,13-15,27-30H,4,7,12H2,1-3H3. The van der Waals surface area contributed by atoms with Crippen molar-refractivity contribution in [2.75, 3.05) is 0 Å². The van der Waals surface area contributed by atoms with Crippen LogP contribution in [0.5, 0.6) is 23.0 Å². The minimum absolute atomic E-state index is 0.0237. The van der Waals surface area contributed by atoms with E-state index in [9.17, 15) is 25.2 Å². The molecule has 2 aromatic carbocycles. The molecule has 0 fully saturated rings. The topological polar surface area (TPSA) is 98.0 Å². The van der Waals surface area contributed by atoms with Gasteiger partial charge in [0, 0.05) is 5.56 Å². The summed E-state index contributed by atoms with van der Waals surface area (Å²) in [5.41, 5.74) is 3.51. The van der Waals surface area contributed by atoms with Crippen molar-refractivity contribution in [1.29, 1.82) is 0 Å². The van der Waals surface area contributed by atoms with E-state index in [0.717, 1.165) is 12.8 Å². The lowest BCUT2D eigenvalue weighted by molar-refractivity contribution is 0.104. The van der Waals surface area contributed by atoms with Crippen molar-refractivity contribution in [2.45, 2.75) is 40.0 Å². The number of ketones is 1. The summed E-state index contributed by atoms with van der Waals surface area (Å²) in [6, 6.07) is 7.21. The number of hydrogen-bond acceptors (Lipinski definition) is 5. The molecule has 0 saturated heterocycles. The van der Waals surface area contributed by atoms with Gasteiger partial charge in [0.1, 0.15) is 0 Å². The molecule has 0 unspecified atom stereocenters. The molecular weight excluding hydrogens is 380 g/mol. The summed E-state index contributed by atoms with van der Waals surface area (Å²) in [5.74, 6) is -1.79. The lowest BCUT2D eigenvalue weighted by atomic mass is 10.0. The van der Waals surface area contributed by atoms with E-state index in [-0.39, 0.29) is 22.8 Å². The van der Waals surface area contributed by atoms with E-state index in [0.29, 0.717) is 17.5 Å². The quantitative estimate of drug-likeness (QED) is 0.196. The number of aromatic hydroxyl groups is 4. The third-order valence-electron chi connectivity index (χ3n) is 4.66. The molecule has 0 aliphatic rings. The van der Waals surface area contributed by atoms with E-state index in [1.54, 1.807) is 6.07 Å². The fraction of sp³-hybridized carbons (Fsp3) is 0.240. The maximum Gasteiger partial charge on any atom is 0.189 e. The molecule has 0 heterocycles. The number of para-hydroxylation sites is 1. The van der Waals surface area contributed by atoms with Crippen LogP contribution in [0.2, 0.25) is 0 Å². The largest absolute Gasteiger partial charge is 0.504 e. The minimum atomic E-state index is -0.493. The van der Waals surface area contributed by atoms with Gasteiger partial charge in [-0.3, -0.25) is 4.79 Å². The van der Waals surface area contributed by atoms with Gasteiger partial charge in [0.2, 0.25) is 0 Å². The van der Waals surface area contributed by atoms with Gasteiger partial charge in [0.15, 0.2) is 28.8 Å². The van der Waals surface area contributed by atoms with Gasteiger partial charge in [0.25, 0.3) is 0 Å². The van der Waals surface area contributed by atoms with Crippen LogP contribution in [0.1, 0.15) is 55.1 Å². The molecule has 0 amide bonds. The van der Waals surface area contributed by atoms with Crippen LogP contribution < -0.4 is 0 Å². The number of carbonyl (C=O) groups excluding carboxylic acids is 1. The fourth-order valence-electron chi connectivity index (χ4n) is 2.92. The first-order valence-electron chi connectivity index (χ1n) is 9.76. The third-order valence-corrected chi connectivity index (χ3v) is 4.66. The fourth-order valence-corrected chi connectivity index (χ4v) is 2.92. The Morgan fingerprint density at radius 1 is 0.933 bits per heavy atom. The number of benzene rings is 2. The number of rotatable bonds is 8. The van der Waals surface area contributed by atoms with Crippen molar-refractivity contribution < 1.29 is 25.2 Å². The monoisotopic (exact) mass is 408 g/mol. The van der Waals surface area contributed by atoms with Gasteiger partial charge in [-0.15, -0.1) is 0 Å². The number of carbonyl (C=O) groups is 1. The van der Waals surface area contributed by atoms with Crippen LogP contribution in [-0.4, -0.2) is 26.2 Å². The second kappa shape index (κ2) is 10.3. The molecule has 0 aliphatic carbocycles.